The van der Waals surface area contributed by atoms with Gasteiger partial charge in [0.2, 0.25) is 11.8 Å². The highest BCUT2D eigenvalue weighted by atomic mass is 16.4. The van der Waals surface area contributed by atoms with Gasteiger partial charge in [-0.3, -0.25) is 24.1 Å². The van der Waals surface area contributed by atoms with E-state index in [0.29, 0.717) is 22.4 Å². The Bertz CT molecular complexity index is 1410. The first-order valence-corrected chi connectivity index (χ1v) is 12.3. The molecule has 0 fully saturated rings. The molecule has 0 saturated carbocycles. The lowest BCUT2D eigenvalue weighted by Crippen LogP contribution is -2.52. The van der Waals surface area contributed by atoms with Gasteiger partial charge < -0.3 is 15.3 Å². The van der Waals surface area contributed by atoms with Gasteiger partial charge in [0.25, 0.3) is 11.7 Å². The highest BCUT2D eigenvalue weighted by Gasteiger charge is 2.40. The first-order chi connectivity index (χ1) is 18.8. The summed E-state index contributed by atoms with van der Waals surface area (Å²) < 4.78 is 0. The third-order valence-corrected chi connectivity index (χ3v) is 6.33. The van der Waals surface area contributed by atoms with Crippen molar-refractivity contribution in [2.75, 3.05) is 6.54 Å². The number of amides is 3. The number of nitrogens with zero attached hydrogens (tertiary/aromatic N) is 2. The SMILES string of the molecule is CC(=O)N1C=C(c2ccccc2)N(CC(=O)N[C@@H](Cc2ccccc2)C(=O)C(=O)O)C(=O)C1c1ccccc1. The first kappa shape index (κ1) is 27.0. The number of carboxylic acids is 1. The lowest BCUT2D eigenvalue weighted by atomic mass is 9.99. The number of hydrogen-bond acceptors (Lipinski definition) is 5. The standard InChI is InChI=1S/C30H27N3O6/c1-20(34)32-18-25(22-13-7-3-8-14-22)33(29(37)27(32)23-15-9-4-10-16-23)19-26(35)31-24(28(36)30(38)39)17-21-11-5-2-6-12-21/h2-16,18,24,27H,17,19H2,1H3,(H,31,35)(H,38,39)/t24-,27?/m0/s1. The van der Waals surface area contributed by atoms with Crippen LogP contribution in [-0.2, 0) is 30.4 Å². The zero-order valence-corrected chi connectivity index (χ0v) is 21.2. The van der Waals surface area contributed by atoms with Crippen LogP contribution in [0.4, 0.5) is 0 Å². The maximum atomic E-state index is 13.9. The van der Waals surface area contributed by atoms with Crippen LogP contribution < -0.4 is 5.32 Å². The third-order valence-electron chi connectivity index (χ3n) is 6.33. The van der Waals surface area contributed by atoms with Gasteiger partial charge in [-0.1, -0.05) is 91.0 Å². The van der Waals surface area contributed by atoms with E-state index in [2.05, 4.69) is 5.32 Å². The van der Waals surface area contributed by atoms with Crippen molar-refractivity contribution in [2.24, 2.45) is 0 Å². The number of Topliss-reactive ketones (excluding diaryl/α,β-unsaturated/α-hetero) is 1. The Labute approximate surface area is 225 Å². The van der Waals surface area contributed by atoms with E-state index < -0.39 is 42.2 Å². The van der Waals surface area contributed by atoms with Gasteiger partial charge in [-0.05, 0) is 16.7 Å². The molecular weight excluding hydrogens is 498 g/mol. The van der Waals surface area contributed by atoms with Crippen LogP contribution in [0.15, 0.2) is 97.2 Å². The second-order valence-electron chi connectivity index (χ2n) is 9.02. The van der Waals surface area contributed by atoms with E-state index in [1.807, 2.05) is 0 Å². The minimum atomic E-state index is -1.67. The topological polar surface area (TPSA) is 124 Å². The smallest absolute Gasteiger partial charge is 0.374 e. The van der Waals surface area contributed by atoms with Crippen LogP contribution in [0.2, 0.25) is 0 Å². The summed E-state index contributed by atoms with van der Waals surface area (Å²) in [6.45, 7) is 0.864. The fraction of sp³-hybridized carbons (Fsp3) is 0.167. The molecule has 0 saturated heterocycles. The Morgan fingerprint density at radius 3 is 2.00 bits per heavy atom. The van der Waals surface area contributed by atoms with Crippen LogP contribution in [0.5, 0.6) is 0 Å². The number of nitrogens with one attached hydrogen (secondary N) is 1. The fourth-order valence-electron chi connectivity index (χ4n) is 4.47. The molecule has 0 radical (unpaired) electrons. The largest absolute Gasteiger partial charge is 0.475 e. The van der Waals surface area contributed by atoms with Crippen LogP contribution in [0.3, 0.4) is 0 Å². The summed E-state index contributed by atoms with van der Waals surface area (Å²) >= 11 is 0. The summed E-state index contributed by atoms with van der Waals surface area (Å²) in [6, 6.07) is 23.9. The number of rotatable bonds is 9. The molecule has 3 amide bonds. The molecule has 2 atom stereocenters. The normalized spacial score (nSPS) is 15.8. The number of carbonyl (C=O) groups is 5. The molecule has 0 aliphatic carbocycles. The lowest BCUT2D eigenvalue weighted by Gasteiger charge is -2.39. The Kier molecular flexibility index (Phi) is 8.30. The van der Waals surface area contributed by atoms with E-state index in [9.17, 15) is 29.1 Å². The van der Waals surface area contributed by atoms with Gasteiger partial charge in [-0.15, -0.1) is 0 Å². The number of ketones is 1. The summed E-state index contributed by atoms with van der Waals surface area (Å²) in [5.41, 5.74) is 2.15. The van der Waals surface area contributed by atoms with E-state index in [0.717, 1.165) is 0 Å². The quantitative estimate of drug-likeness (QED) is 0.414. The van der Waals surface area contributed by atoms with Crippen molar-refractivity contribution in [3.63, 3.8) is 0 Å². The molecule has 1 aliphatic rings. The van der Waals surface area contributed by atoms with Crippen LogP contribution in [-0.4, -0.2) is 57.0 Å². The molecule has 1 aliphatic heterocycles. The predicted octanol–water partition coefficient (Wildman–Crippen LogP) is 2.80. The number of carbonyl (C=O) groups excluding carboxylic acids is 4. The summed E-state index contributed by atoms with van der Waals surface area (Å²) in [4.78, 5) is 66.3. The maximum Gasteiger partial charge on any atom is 0.374 e. The predicted molar refractivity (Wildman–Crippen MR) is 143 cm³/mol. The molecule has 2 N–H and O–H groups in total. The number of benzene rings is 3. The number of hydrogen-bond donors (Lipinski definition) is 2. The Balaban J connectivity index is 1.68. The van der Waals surface area contributed by atoms with Crippen LogP contribution in [0.1, 0.15) is 29.7 Å². The molecule has 3 aromatic rings. The van der Waals surface area contributed by atoms with Crippen molar-refractivity contribution in [3.8, 4) is 0 Å². The molecule has 0 bridgehead atoms. The maximum absolute atomic E-state index is 13.9. The highest BCUT2D eigenvalue weighted by molar-refractivity contribution is 6.35. The van der Waals surface area contributed by atoms with Crippen molar-refractivity contribution < 1.29 is 29.1 Å². The molecule has 39 heavy (non-hydrogen) atoms. The molecule has 1 unspecified atom stereocenters. The van der Waals surface area contributed by atoms with Crippen molar-refractivity contribution in [2.45, 2.75) is 25.4 Å². The molecule has 1 heterocycles. The molecule has 198 valence electrons. The average molecular weight is 526 g/mol. The van der Waals surface area contributed by atoms with Gasteiger partial charge in [-0.2, -0.15) is 0 Å². The van der Waals surface area contributed by atoms with Crippen molar-refractivity contribution in [1.82, 2.24) is 15.1 Å². The first-order valence-electron chi connectivity index (χ1n) is 12.3. The second kappa shape index (κ2) is 12.0. The van der Waals surface area contributed by atoms with Gasteiger partial charge in [-0.25, -0.2) is 4.79 Å². The van der Waals surface area contributed by atoms with Crippen LogP contribution in [0, 0.1) is 0 Å². The third kappa shape index (κ3) is 6.27. The van der Waals surface area contributed by atoms with E-state index in [-0.39, 0.29) is 12.3 Å². The molecule has 0 spiro atoms. The minimum absolute atomic E-state index is 0.0300. The van der Waals surface area contributed by atoms with E-state index >= 15 is 0 Å². The fourth-order valence-corrected chi connectivity index (χ4v) is 4.47. The summed E-state index contributed by atoms with van der Waals surface area (Å²) in [7, 11) is 0. The zero-order chi connectivity index (χ0) is 27.9. The lowest BCUT2D eigenvalue weighted by molar-refractivity contribution is -0.150. The van der Waals surface area contributed by atoms with Gasteiger partial charge in [0.1, 0.15) is 18.6 Å². The second-order valence-corrected chi connectivity index (χ2v) is 9.02. The van der Waals surface area contributed by atoms with E-state index in [1.54, 1.807) is 91.0 Å². The molecular formula is C30H27N3O6. The number of aliphatic carboxylic acids is 1. The minimum Gasteiger partial charge on any atom is -0.475 e. The van der Waals surface area contributed by atoms with Crippen LogP contribution in [0.25, 0.3) is 5.70 Å². The molecule has 0 aromatic heterocycles. The van der Waals surface area contributed by atoms with Crippen LogP contribution >= 0.6 is 0 Å². The summed E-state index contributed by atoms with van der Waals surface area (Å²) in [6.07, 6.45) is 1.51. The zero-order valence-electron chi connectivity index (χ0n) is 21.2. The molecule has 9 nitrogen and oxygen atoms in total. The van der Waals surface area contributed by atoms with Gasteiger partial charge in [0.05, 0.1) is 5.70 Å². The average Bonchev–Trinajstić information content (AvgIpc) is 2.94. The summed E-state index contributed by atoms with van der Waals surface area (Å²) in [5.74, 6) is -4.43. The Morgan fingerprint density at radius 2 is 1.44 bits per heavy atom. The van der Waals surface area contributed by atoms with Gasteiger partial charge in [0.15, 0.2) is 0 Å². The van der Waals surface area contributed by atoms with Gasteiger partial charge in [0, 0.05) is 19.5 Å². The Morgan fingerprint density at radius 1 is 0.872 bits per heavy atom. The van der Waals surface area contributed by atoms with E-state index in [4.69, 9.17) is 0 Å². The van der Waals surface area contributed by atoms with E-state index in [1.165, 1.54) is 22.9 Å². The Hall–Kier alpha value is -5.05. The summed E-state index contributed by atoms with van der Waals surface area (Å²) in [5, 5.41) is 11.8. The molecule has 4 rings (SSSR count). The van der Waals surface area contributed by atoms with Gasteiger partial charge >= 0.3 is 5.97 Å². The van der Waals surface area contributed by atoms with Crippen molar-refractivity contribution >= 4 is 35.2 Å². The van der Waals surface area contributed by atoms with Crippen molar-refractivity contribution in [3.05, 3.63) is 114 Å². The molecule has 9 heteroatoms. The number of carboxylic acid groups (broad SMARTS) is 1. The van der Waals surface area contributed by atoms with Crippen molar-refractivity contribution in [1.29, 1.82) is 0 Å². The highest BCUT2D eigenvalue weighted by Crippen LogP contribution is 2.34. The monoisotopic (exact) mass is 525 g/mol. The molecule has 3 aromatic carbocycles.